The summed E-state index contributed by atoms with van der Waals surface area (Å²) in [5, 5.41) is 9.18. The zero-order valence-corrected chi connectivity index (χ0v) is 14.9. The summed E-state index contributed by atoms with van der Waals surface area (Å²) in [6, 6.07) is 15.6. The molecule has 1 aromatic heterocycles. The van der Waals surface area contributed by atoms with Gasteiger partial charge in [0, 0.05) is 11.9 Å². The van der Waals surface area contributed by atoms with Crippen molar-refractivity contribution in [2.24, 2.45) is 4.99 Å². The Morgan fingerprint density at radius 1 is 1.07 bits per heavy atom. The molecule has 6 nitrogen and oxygen atoms in total. The Kier molecular flexibility index (Phi) is 5.17. The highest BCUT2D eigenvalue weighted by atomic mass is 16.5. The first-order valence-electron chi connectivity index (χ1n) is 8.23. The molecule has 2 aromatic carbocycles. The zero-order chi connectivity index (χ0) is 19.4. The summed E-state index contributed by atoms with van der Waals surface area (Å²) in [5.74, 6) is -1.39. The van der Waals surface area contributed by atoms with E-state index in [4.69, 9.17) is 4.74 Å². The van der Waals surface area contributed by atoms with Crippen LogP contribution in [0.4, 0.5) is 5.69 Å². The van der Waals surface area contributed by atoms with Gasteiger partial charge < -0.3 is 14.4 Å². The summed E-state index contributed by atoms with van der Waals surface area (Å²) < 4.78 is 6.59. The number of hydrogen-bond acceptors (Lipinski definition) is 4. The molecule has 27 heavy (non-hydrogen) atoms. The van der Waals surface area contributed by atoms with Crippen molar-refractivity contribution in [3.8, 4) is 5.69 Å². The van der Waals surface area contributed by atoms with Crippen molar-refractivity contribution in [1.29, 1.82) is 0 Å². The smallest absolute Gasteiger partial charge is 0.337 e. The van der Waals surface area contributed by atoms with Crippen LogP contribution in [-0.2, 0) is 4.74 Å². The fraction of sp³-hybridized carbons (Fsp3) is 0.0952. The van der Waals surface area contributed by atoms with Crippen LogP contribution in [0.1, 0.15) is 32.0 Å². The normalized spacial score (nSPS) is 10.9. The van der Waals surface area contributed by atoms with E-state index in [1.165, 1.54) is 7.11 Å². The number of carboxylic acid groups (broad SMARTS) is 1. The third kappa shape index (κ3) is 3.95. The number of aliphatic imine (C=N–C) groups is 1. The van der Waals surface area contributed by atoms with Crippen LogP contribution in [0.2, 0.25) is 0 Å². The number of rotatable bonds is 5. The molecule has 0 amide bonds. The van der Waals surface area contributed by atoms with Gasteiger partial charge in [-0.2, -0.15) is 0 Å². The highest BCUT2D eigenvalue weighted by Crippen LogP contribution is 2.21. The van der Waals surface area contributed by atoms with Crippen LogP contribution in [-0.4, -0.2) is 34.9 Å². The lowest BCUT2D eigenvalue weighted by atomic mass is 10.1. The molecular weight excluding hydrogens is 344 g/mol. The molecule has 0 unspecified atom stereocenters. The molecule has 3 rings (SSSR count). The van der Waals surface area contributed by atoms with Crippen LogP contribution in [0.5, 0.6) is 0 Å². The summed E-state index contributed by atoms with van der Waals surface area (Å²) in [6.07, 6.45) is 3.51. The second-order valence-electron chi connectivity index (χ2n) is 5.91. The van der Waals surface area contributed by atoms with Crippen LogP contribution in [0.25, 0.3) is 5.69 Å². The van der Waals surface area contributed by atoms with Gasteiger partial charge in [0.1, 0.15) is 0 Å². The quantitative estimate of drug-likeness (QED) is 0.549. The van der Waals surface area contributed by atoms with Crippen molar-refractivity contribution in [3.05, 3.63) is 83.2 Å². The minimum atomic E-state index is -0.977. The number of aryl methyl sites for hydroxylation is 1. The summed E-state index contributed by atoms with van der Waals surface area (Å²) >= 11 is 0. The predicted octanol–water partition coefficient (Wildman–Crippen LogP) is 4.02. The van der Waals surface area contributed by atoms with E-state index in [1.54, 1.807) is 36.5 Å². The van der Waals surface area contributed by atoms with E-state index in [2.05, 4.69) is 4.99 Å². The van der Waals surface area contributed by atoms with E-state index in [-0.39, 0.29) is 5.56 Å². The lowest BCUT2D eigenvalue weighted by Crippen LogP contribution is -2.02. The number of benzene rings is 2. The maximum absolute atomic E-state index is 11.7. The van der Waals surface area contributed by atoms with Crippen molar-refractivity contribution in [3.63, 3.8) is 0 Å². The first-order valence-corrected chi connectivity index (χ1v) is 8.23. The Labute approximate surface area is 156 Å². The topological polar surface area (TPSA) is 80.9 Å². The van der Waals surface area contributed by atoms with Gasteiger partial charge >= 0.3 is 11.9 Å². The molecule has 0 aliphatic heterocycles. The van der Waals surface area contributed by atoms with E-state index in [0.29, 0.717) is 11.3 Å². The van der Waals surface area contributed by atoms with Gasteiger partial charge in [0.05, 0.1) is 35.8 Å². The maximum atomic E-state index is 11.7. The molecule has 0 aliphatic carbocycles. The van der Waals surface area contributed by atoms with Crippen LogP contribution in [0.15, 0.2) is 65.8 Å². The Balaban J connectivity index is 1.95. The molecule has 1 N–H and O–H groups in total. The molecule has 3 aromatic rings. The lowest BCUT2D eigenvalue weighted by molar-refractivity contribution is 0.0600. The maximum Gasteiger partial charge on any atom is 0.337 e. The zero-order valence-electron chi connectivity index (χ0n) is 14.9. The number of carbonyl (C=O) groups excluding carboxylic acids is 1. The third-order valence-corrected chi connectivity index (χ3v) is 4.12. The molecule has 0 atom stereocenters. The summed E-state index contributed by atoms with van der Waals surface area (Å²) in [4.78, 5) is 27.4. The number of methoxy groups -OCH3 is 1. The Hall–Kier alpha value is -3.67. The van der Waals surface area contributed by atoms with Crippen LogP contribution < -0.4 is 0 Å². The van der Waals surface area contributed by atoms with Gasteiger partial charge in [0.15, 0.2) is 0 Å². The SMILES string of the molecule is COC(=O)c1ccc(C)c(N=Cc2cccn2-c2cccc(C(=O)O)c2)c1. The fourth-order valence-electron chi connectivity index (χ4n) is 2.65. The number of esters is 1. The van der Waals surface area contributed by atoms with Crippen molar-refractivity contribution in [1.82, 2.24) is 4.57 Å². The Bertz CT molecular complexity index is 1030. The van der Waals surface area contributed by atoms with E-state index in [9.17, 15) is 14.7 Å². The highest BCUT2D eigenvalue weighted by molar-refractivity contribution is 5.91. The first-order chi connectivity index (χ1) is 13.0. The number of carbonyl (C=O) groups is 2. The van der Waals surface area contributed by atoms with Gasteiger partial charge in [-0.3, -0.25) is 4.99 Å². The summed E-state index contributed by atoms with van der Waals surface area (Å²) in [6.45, 7) is 1.91. The largest absolute Gasteiger partial charge is 0.478 e. The van der Waals surface area contributed by atoms with Crippen LogP contribution in [0.3, 0.4) is 0 Å². The van der Waals surface area contributed by atoms with Crippen molar-refractivity contribution < 1.29 is 19.4 Å². The van der Waals surface area contributed by atoms with Gasteiger partial charge in [-0.25, -0.2) is 9.59 Å². The average molecular weight is 362 g/mol. The van der Waals surface area contributed by atoms with Gasteiger partial charge in [-0.05, 0) is 55.0 Å². The molecule has 136 valence electrons. The number of ether oxygens (including phenoxy) is 1. The number of aromatic nitrogens is 1. The third-order valence-electron chi connectivity index (χ3n) is 4.12. The molecule has 6 heteroatoms. The van der Waals surface area contributed by atoms with Crippen molar-refractivity contribution in [2.75, 3.05) is 7.11 Å². The minimum Gasteiger partial charge on any atom is -0.478 e. The number of carboxylic acids is 1. The second-order valence-corrected chi connectivity index (χ2v) is 5.91. The van der Waals surface area contributed by atoms with Gasteiger partial charge in [0.25, 0.3) is 0 Å². The molecule has 0 radical (unpaired) electrons. The number of nitrogens with zero attached hydrogens (tertiary/aromatic N) is 2. The van der Waals surface area contributed by atoms with Gasteiger partial charge in [-0.15, -0.1) is 0 Å². The molecule has 0 bridgehead atoms. The van der Waals surface area contributed by atoms with E-state index >= 15 is 0 Å². The van der Waals surface area contributed by atoms with Gasteiger partial charge in [0.2, 0.25) is 0 Å². The Morgan fingerprint density at radius 2 is 1.89 bits per heavy atom. The molecule has 1 heterocycles. The van der Waals surface area contributed by atoms with E-state index in [0.717, 1.165) is 16.9 Å². The molecule has 0 aliphatic rings. The van der Waals surface area contributed by atoms with Crippen LogP contribution >= 0.6 is 0 Å². The fourth-order valence-corrected chi connectivity index (χ4v) is 2.65. The lowest BCUT2D eigenvalue weighted by Gasteiger charge is -2.08. The number of aromatic carboxylic acids is 1. The van der Waals surface area contributed by atoms with Crippen LogP contribution in [0, 0.1) is 6.92 Å². The summed E-state index contributed by atoms with van der Waals surface area (Å²) in [5.41, 5.74) is 3.72. The average Bonchev–Trinajstić information content (AvgIpc) is 3.15. The van der Waals surface area contributed by atoms with Gasteiger partial charge in [-0.1, -0.05) is 12.1 Å². The molecule has 0 saturated carbocycles. The first kappa shape index (κ1) is 18.1. The van der Waals surface area contributed by atoms with E-state index < -0.39 is 11.9 Å². The van der Waals surface area contributed by atoms with Crippen molar-refractivity contribution >= 4 is 23.8 Å². The Morgan fingerprint density at radius 3 is 2.63 bits per heavy atom. The monoisotopic (exact) mass is 362 g/mol. The standard InChI is InChI=1S/C21H18N2O4/c1-14-8-9-16(21(26)27-2)12-19(14)22-13-18-7-4-10-23(18)17-6-3-5-15(11-17)20(24)25/h3-13H,1-2H3,(H,24,25). The highest BCUT2D eigenvalue weighted by Gasteiger charge is 2.09. The predicted molar refractivity (Wildman–Crippen MR) is 103 cm³/mol. The summed E-state index contributed by atoms with van der Waals surface area (Å²) in [7, 11) is 1.34. The number of hydrogen-bond donors (Lipinski definition) is 1. The van der Waals surface area contributed by atoms with E-state index in [1.807, 2.05) is 42.0 Å². The van der Waals surface area contributed by atoms with Crippen molar-refractivity contribution in [2.45, 2.75) is 6.92 Å². The molecular formula is C21H18N2O4. The molecule has 0 saturated heterocycles. The minimum absolute atomic E-state index is 0.214. The molecule has 0 fully saturated rings. The second kappa shape index (κ2) is 7.70. The molecule has 0 spiro atoms.